The summed E-state index contributed by atoms with van der Waals surface area (Å²) in [7, 11) is 0. The number of hydrogen-bond acceptors (Lipinski definition) is 0. The third kappa shape index (κ3) is 0.841. The molecule has 0 atom stereocenters. The average Bonchev–Trinajstić information content (AvgIpc) is 2.09. The monoisotopic (exact) mass is 158 g/mol. The molecule has 0 saturated carbocycles. The van der Waals surface area contributed by atoms with Crippen molar-refractivity contribution in [3.05, 3.63) is 34.4 Å². The first-order valence-corrected chi connectivity index (χ1v) is 4.98. The summed E-state index contributed by atoms with van der Waals surface area (Å²) in [4.78, 5) is 0. The number of rotatable bonds is 0. The van der Waals surface area contributed by atoms with Crippen molar-refractivity contribution in [3.8, 4) is 0 Å². The van der Waals surface area contributed by atoms with Gasteiger partial charge in [0.25, 0.3) is 0 Å². The molecule has 0 aromatic heterocycles. The highest BCUT2D eigenvalue weighted by atomic mass is 14.3. The van der Waals surface area contributed by atoms with Crippen LogP contribution in [0.2, 0.25) is 0 Å². The van der Waals surface area contributed by atoms with Gasteiger partial charge in [-0.05, 0) is 38.5 Å². The van der Waals surface area contributed by atoms with E-state index in [0.29, 0.717) is 0 Å². The lowest BCUT2D eigenvalue weighted by atomic mass is 9.73. The lowest BCUT2D eigenvalue weighted by Crippen LogP contribution is -2.13. The summed E-state index contributed by atoms with van der Waals surface area (Å²) >= 11 is 0. The first-order valence-electron chi connectivity index (χ1n) is 4.98. The van der Waals surface area contributed by atoms with Gasteiger partial charge in [-0.2, -0.15) is 0 Å². The number of allylic oxidation sites excluding steroid dienone is 6. The lowest BCUT2D eigenvalue weighted by molar-refractivity contribution is 0.682. The largest absolute Gasteiger partial charge is 0.0841 e. The molecule has 0 heterocycles. The second-order valence-electron chi connectivity index (χ2n) is 4.15. The Bertz CT molecular complexity index is 283. The van der Waals surface area contributed by atoms with Crippen molar-refractivity contribution >= 4 is 0 Å². The quantitative estimate of drug-likeness (QED) is 0.473. The summed E-state index contributed by atoms with van der Waals surface area (Å²) in [6, 6.07) is 0. The topological polar surface area (TPSA) is 0 Å². The fourth-order valence-corrected chi connectivity index (χ4v) is 2.55. The minimum atomic E-state index is 1.24. The van der Waals surface area contributed by atoms with Crippen LogP contribution in [0.3, 0.4) is 0 Å². The van der Waals surface area contributed by atoms with Crippen molar-refractivity contribution in [2.75, 3.05) is 0 Å². The minimum absolute atomic E-state index is 1.24. The number of hydrogen-bond donors (Lipinski definition) is 0. The summed E-state index contributed by atoms with van der Waals surface area (Å²) in [5, 5.41) is 0. The van der Waals surface area contributed by atoms with Crippen molar-refractivity contribution in [1.29, 1.82) is 0 Å². The molecule has 0 nitrogen and oxygen atoms in total. The fraction of sp³-hybridized carbons (Fsp3) is 0.500. The van der Waals surface area contributed by atoms with E-state index in [0.717, 1.165) is 0 Å². The van der Waals surface area contributed by atoms with Gasteiger partial charge >= 0.3 is 0 Å². The van der Waals surface area contributed by atoms with E-state index in [-0.39, 0.29) is 0 Å². The van der Waals surface area contributed by atoms with Crippen molar-refractivity contribution in [1.82, 2.24) is 0 Å². The lowest BCUT2D eigenvalue weighted by Gasteiger charge is -2.33. The molecule has 3 aliphatic rings. The second kappa shape index (κ2) is 2.35. The molecule has 0 amide bonds. The van der Waals surface area contributed by atoms with E-state index in [1.807, 2.05) is 0 Å². The molecule has 0 aliphatic heterocycles. The van der Waals surface area contributed by atoms with Crippen molar-refractivity contribution < 1.29 is 0 Å². The highest BCUT2D eigenvalue weighted by Gasteiger charge is 2.25. The zero-order valence-corrected chi connectivity index (χ0v) is 7.40. The van der Waals surface area contributed by atoms with Crippen LogP contribution in [0.4, 0.5) is 0 Å². The van der Waals surface area contributed by atoms with Gasteiger partial charge in [0.15, 0.2) is 0 Å². The highest BCUT2D eigenvalue weighted by molar-refractivity contribution is 5.42. The smallest absolute Gasteiger partial charge is 0.00995 e. The molecule has 3 aliphatic carbocycles. The normalized spacial score (nSPS) is 26.7. The molecule has 62 valence electrons. The Hall–Kier alpha value is -0.780. The van der Waals surface area contributed by atoms with E-state index >= 15 is 0 Å². The Morgan fingerprint density at radius 3 is 1.58 bits per heavy atom. The molecule has 0 N–H and O–H groups in total. The Kier molecular flexibility index (Phi) is 1.31. The standard InChI is InChI=1S/C12H14/c1-2-4-10-8-12-6-5-11(12)7-9(10)3-1/h1-2H,3-8H2. The summed E-state index contributed by atoms with van der Waals surface area (Å²) < 4.78 is 0. The maximum absolute atomic E-state index is 2.34. The van der Waals surface area contributed by atoms with Gasteiger partial charge < -0.3 is 0 Å². The van der Waals surface area contributed by atoms with Crippen LogP contribution in [0.25, 0.3) is 0 Å². The van der Waals surface area contributed by atoms with Crippen LogP contribution < -0.4 is 0 Å². The van der Waals surface area contributed by atoms with Gasteiger partial charge in [-0.1, -0.05) is 34.4 Å². The zero-order chi connectivity index (χ0) is 7.97. The Morgan fingerprint density at radius 1 is 0.667 bits per heavy atom. The predicted molar refractivity (Wildman–Crippen MR) is 50.9 cm³/mol. The van der Waals surface area contributed by atoms with Crippen LogP contribution in [0.5, 0.6) is 0 Å². The third-order valence-electron chi connectivity index (χ3n) is 3.48. The molecular weight excluding hydrogens is 144 g/mol. The summed E-state index contributed by atoms with van der Waals surface area (Å²) in [6.45, 7) is 0. The van der Waals surface area contributed by atoms with E-state index in [1.54, 1.807) is 22.3 Å². The molecule has 3 rings (SSSR count). The molecule has 0 fully saturated rings. The second-order valence-corrected chi connectivity index (χ2v) is 4.15. The third-order valence-corrected chi connectivity index (χ3v) is 3.48. The van der Waals surface area contributed by atoms with Crippen LogP contribution in [-0.2, 0) is 0 Å². The fourth-order valence-electron chi connectivity index (χ4n) is 2.55. The van der Waals surface area contributed by atoms with E-state index in [4.69, 9.17) is 0 Å². The predicted octanol–water partition coefficient (Wildman–Crippen LogP) is 3.52. The van der Waals surface area contributed by atoms with Gasteiger partial charge in [0.05, 0.1) is 0 Å². The molecule has 0 unspecified atom stereocenters. The molecule has 12 heavy (non-hydrogen) atoms. The van der Waals surface area contributed by atoms with Crippen LogP contribution in [0.1, 0.15) is 38.5 Å². The maximum Gasteiger partial charge on any atom is -0.00995 e. The zero-order valence-electron chi connectivity index (χ0n) is 7.40. The maximum atomic E-state index is 2.34. The van der Waals surface area contributed by atoms with Gasteiger partial charge in [0.1, 0.15) is 0 Å². The SMILES string of the molecule is C1=CCC2=C(C1)CC1=C(CC1)C2. The van der Waals surface area contributed by atoms with E-state index in [9.17, 15) is 0 Å². The summed E-state index contributed by atoms with van der Waals surface area (Å²) in [6.07, 6.45) is 12.6. The molecule has 0 aromatic carbocycles. The van der Waals surface area contributed by atoms with Crippen LogP contribution in [0, 0.1) is 0 Å². The van der Waals surface area contributed by atoms with Crippen LogP contribution in [-0.4, -0.2) is 0 Å². The average molecular weight is 158 g/mol. The Morgan fingerprint density at radius 2 is 1.17 bits per heavy atom. The minimum Gasteiger partial charge on any atom is -0.0841 e. The first kappa shape index (κ1) is 6.71. The van der Waals surface area contributed by atoms with Crippen LogP contribution in [0.15, 0.2) is 34.4 Å². The van der Waals surface area contributed by atoms with Gasteiger partial charge in [0.2, 0.25) is 0 Å². The van der Waals surface area contributed by atoms with Crippen molar-refractivity contribution in [3.63, 3.8) is 0 Å². The molecule has 0 spiro atoms. The molecule has 0 bridgehead atoms. The first-order chi connectivity index (χ1) is 5.93. The van der Waals surface area contributed by atoms with Crippen molar-refractivity contribution in [2.45, 2.75) is 38.5 Å². The molecule has 0 saturated heterocycles. The van der Waals surface area contributed by atoms with E-state index in [1.165, 1.54) is 38.5 Å². The van der Waals surface area contributed by atoms with Gasteiger partial charge in [-0.25, -0.2) is 0 Å². The molecular formula is C12H14. The highest BCUT2D eigenvalue weighted by Crippen LogP contribution is 2.44. The molecule has 0 aromatic rings. The molecule has 0 heteroatoms. The van der Waals surface area contributed by atoms with Crippen LogP contribution >= 0.6 is 0 Å². The van der Waals surface area contributed by atoms with Gasteiger partial charge in [0, 0.05) is 0 Å². The summed E-state index contributed by atoms with van der Waals surface area (Å²) in [5.41, 5.74) is 7.06. The molecule has 0 radical (unpaired) electrons. The Labute approximate surface area is 73.7 Å². The van der Waals surface area contributed by atoms with E-state index in [2.05, 4.69) is 12.2 Å². The summed E-state index contributed by atoms with van der Waals surface area (Å²) in [5.74, 6) is 0. The van der Waals surface area contributed by atoms with E-state index < -0.39 is 0 Å². The Balaban J connectivity index is 1.90. The van der Waals surface area contributed by atoms with Crippen molar-refractivity contribution in [2.24, 2.45) is 0 Å². The van der Waals surface area contributed by atoms with Gasteiger partial charge in [-0.3, -0.25) is 0 Å². The van der Waals surface area contributed by atoms with Gasteiger partial charge in [-0.15, -0.1) is 0 Å².